The fourth-order valence-corrected chi connectivity index (χ4v) is 4.77. The van der Waals surface area contributed by atoms with Crippen LogP contribution in [0.4, 0.5) is 4.79 Å². The first kappa shape index (κ1) is 19.5. The lowest BCUT2D eigenvalue weighted by Crippen LogP contribution is -2.50. The molecule has 8 heteroatoms. The van der Waals surface area contributed by atoms with Gasteiger partial charge in [-0.1, -0.05) is 18.0 Å². The van der Waals surface area contributed by atoms with Crippen LogP contribution in [-0.4, -0.2) is 78.0 Å². The Morgan fingerprint density at radius 2 is 1.96 bits per heavy atom. The standard InChI is InChI=1S/C20H27ClN4O3/c1-23(13-14-24-9-3-2-4-10-24)19(27)25-11-6-20(7-12-25)15-5-8-22-17(21)16(15)18(26)28-20/h5,8H,2-4,6-7,9-14H2,1H3. The van der Waals surface area contributed by atoms with Gasteiger partial charge in [-0.2, -0.15) is 0 Å². The van der Waals surface area contributed by atoms with Gasteiger partial charge in [0.05, 0.1) is 0 Å². The van der Waals surface area contributed by atoms with Gasteiger partial charge < -0.3 is 19.4 Å². The monoisotopic (exact) mass is 406 g/mol. The van der Waals surface area contributed by atoms with E-state index in [-0.39, 0.29) is 11.2 Å². The van der Waals surface area contributed by atoms with E-state index in [1.165, 1.54) is 19.3 Å². The number of halogens is 1. The summed E-state index contributed by atoms with van der Waals surface area (Å²) < 4.78 is 5.73. The molecule has 0 radical (unpaired) electrons. The SMILES string of the molecule is CN(CCN1CCCCC1)C(=O)N1CCC2(CC1)OC(=O)c1c2ccnc1Cl. The fourth-order valence-electron chi connectivity index (χ4n) is 4.54. The van der Waals surface area contributed by atoms with E-state index in [4.69, 9.17) is 16.3 Å². The molecule has 3 aliphatic heterocycles. The Hall–Kier alpha value is -1.86. The number of piperidine rings is 2. The maximum absolute atomic E-state index is 12.8. The Kier molecular flexibility index (Phi) is 5.47. The van der Waals surface area contributed by atoms with E-state index < -0.39 is 11.6 Å². The van der Waals surface area contributed by atoms with E-state index in [9.17, 15) is 9.59 Å². The van der Waals surface area contributed by atoms with Crippen LogP contribution in [0.25, 0.3) is 0 Å². The predicted octanol–water partition coefficient (Wildman–Crippen LogP) is 2.73. The topological polar surface area (TPSA) is 66.0 Å². The summed E-state index contributed by atoms with van der Waals surface area (Å²) in [7, 11) is 1.87. The maximum Gasteiger partial charge on any atom is 0.342 e. The van der Waals surface area contributed by atoms with E-state index >= 15 is 0 Å². The zero-order chi connectivity index (χ0) is 19.7. The van der Waals surface area contributed by atoms with Crippen LogP contribution < -0.4 is 0 Å². The minimum Gasteiger partial charge on any atom is -0.450 e. The molecule has 4 heterocycles. The number of nitrogens with zero attached hydrogens (tertiary/aromatic N) is 4. The van der Waals surface area contributed by atoms with Crippen molar-refractivity contribution in [2.75, 3.05) is 46.3 Å². The predicted molar refractivity (Wildman–Crippen MR) is 105 cm³/mol. The second kappa shape index (κ2) is 7.87. The van der Waals surface area contributed by atoms with Crippen LogP contribution in [0, 0.1) is 0 Å². The third-order valence-corrected chi connectivity index (χ3v) is 6.54. The Balaban J connectivity index is 1.35. The zero-order valence-corrected chi connectivity index (χ0v) is 17.1. The van der Waals surface area contributed by atoms with Crippen molar-refractivity contribution < 1.29 is 14.3 Å². The quantitative estimate of drug-likeness (QED) is 0.570. The number of hydrogen-bond acceptors (Lipinski definition) is 5. The molecule has 152 valence electrons. The average molecular weight is 407 g/mol. The molecule has 1 aromatic rings. The highest BCUT2D eigenvalue weighted by Gasteiger charge is 2.49. The first-order valence-electron chi connectivity index (χ1n) is 10.1. The number of aromatic nitrogens is 1. The summed E-state index contributed by atoms with van der Waals surface area (Å²) in [4.78, 5) is 35.2. The highest BCUT2D eigenvalue weighted by Crippen LogP contribution is 2.45. The van der Waals surface area contributed by atoms with E-state index in [1.54, 1.807) is 6.20 Å². The second-order valence-corrected chi connectivity index (χ2v) is 8.36. The maximum atomic E-state index is 12.8. The van der Waals surface area contributed by atoms with Gasteiger partial charge in [-0.05, 0) is 32.0 Å². The van der Waals surface area contributed by atoms with Crippen molar-refractivity contribution in [2.24, 2.45) is 0 Å². The van der Waals surface area contributed by atoms with Crippen molar-refractivity contribution in [2.45, 2.75) is 37.7 Å². The Bertz CT molecular complexity index is 758. The molecule has 1 aromatic heterocycles. The molecule has 7 nitrogen and oxygen atoms in total. The van der Waals surface area contributed by atoms with Crippen LogP contribution in [0.3, 0.4) is 0 Å². The summed E-state index contributed by atoms with van der Waals surface area (Å²) in [5.41, 5.74) is 0.507. The average Bonchev–Trinajstić information content (AvgIpc) is 2.99. The fraction of sp³-hybridized carbons (Fsp3) is 0.650. The van der Waals surface area contributed by atoms with Gasteiger partial charge in [0.25, 0.3) is 0 Å². The first-order valence-corrected chi connectivity index (χ1v) is 10.5. The van der Waals surface area contributed by atoms with Gasteiger partial charge in [-0.3, -0.25) is 0 Å². The summed E-state index contributed by atoms with van der Waals surface area (Å²) in [6, 6.07) is 1.86. The van der Waals surface area contributed by atoms with Crippen molar-refractivity contribution in [1.29, 1.82) is 0 Å². The largest absolute Gasteiger partial charge is 0.450 e. The molecule has 28 heavy (non-hydrogen) atoms. The zero-order valence-electron chi connectivity index (χ0n) is 16.3. The smallest absolute Gasteiger partial charge is 0.342 e. The summed E-state index contributed by atoms with van der Waals surface area (Å²) >= 11 is 6.10. The summed E-state index contributed by atoms with van der Waals surface area (Å²) in [6.45, 7) is 5.04. The molecule has 0 atom stereocenters. The number of esters is 1. The van der Waals surface area contributed by atoms with Gasteiger partial charge in [0.1, 0.15) is 16.3 Å². The van der Waals surface area contributed by atoms with Crippen molar-refractivity contribution in [3.05, 3.63) is 28.5 Å². The van der Waals surface area contributed by atoms with Crippen LogP contribution in [0.2, 0.25) is 5.15 Å². The minimum absolute atomic E-state index is 0.0455. The lowest BCUT2D eigenvalue weighted by molar-refractivity contribution is -0.0384. The molecule has 0 saturated carbocycles. The van der Waals surface area contributed by atoms with Crippen molar-refractivity contribution in [3.63, 3.8) is 0 Å². The molecule has 3 aliphatic rings. The van der Waals surface area contributed by atoms with E-state index in [0.717, 1.165) is 31.7 Å². The van der Waals surface area contributed by atoms with Crippen LogP contribution in [0.5, 0.6) is 0 Å². The van der Waals surface area contributed by atoms with E-state index in [0.29, 0.717) is 31.5 Å². The number of hydrogen-bond donors (Lipinski definition) is 0. The first-order chi connectivity index (χ1) is 13.5. The Labute approximate surface area is 170 Å². The molecule has 2 fully saturated rings. The van der Waals surface area contributed by atoms with Gasteiger partial charge >= 0.3 is 12.0 Å². The normalized spacial score (nSPS) is 21.5. The van der Waals surface area contributed by atoms with Crippen LogP contribution in [0.15, 0.2) is 12.3 Å². The van der Waals surface area contributed by atoms with Gasteiger partial charge in [0.15, 0.2) is 0 Å². The molecule has 0 aromatic carbocycles. The molecule has 0 unspecified atom stereocenters. The molecule has 2 amide bonds. The summed E-state index contributed by atoms with van der Waals surface area (Å²) in [6.07, 6.45) is 6.60. The van der Waals surface area contributed by atoms with Crippen LogP contribution in [0.1, 0.15) is 48.0 Å². The number of urea groups is 1. The van der Waals surface area contributed by atoms with Crippen molar-refractivity contribution in [1.82, 2.24) is 19.7 Å². The van der Waals surface area contributed by atoms with Crippen molar-refractivity contribution in [3.8, 4) is 0 Å². The van der Waals surface area contributed by atoms with Crippen molar-refractivity contribution >= 4 is 23.6 Å². The molecule has 0 aliphatic carbocycles. The Morgan fingerprint density at radius 1 is 1.25 bits per heavy atom. The molecular weight excluding hydrogens is 380 g/mol. The summed E-state index contributed by atoms with van der Waals surface area (Å²) in [5, 5.41) is 0.190. The molecule has 0 N–H and O–H groups in total. The van der Waals surface area contributed by atoms with Gasteiger partial charge in [-0.15, -0.1) is 0 Å². The van der Waals surface area contributed by atoms with Gasteiger partial charge in [0, 0.05) is 57.8 Å². The van der Waals surface area contributed by atoms with E-state index in [1.807, 2.05) is 22.9 Å². The third-order valence-electron chi connectivity index (χ3n) is 6.26. The molecule has 2 saturated heterocycles. The number of rotatable bonds is 3. The number of likely N-dealkylation sites (tertiary alicyclic amines) is 2. The highest BCUT2D eigenvalue weighted by atomic mass is 35.5. The molecule has 1 spiro atoms. The molecular formula is C20H27ClN4O3. The second-order valence-electron chi connectivity index (χ2n) is 8.00. The van der Waals surface area contributed by atoms with E-state index in [2.05, 4.69) is 9.88 Å². The third kappa shape index (κ3) is 3.57. The minimum atomic E-state index is -0.678. The number of likely N-dealkylation sites (N-methyl/N-ethyl adjacent to an activating group) is 1. The number of amides is 2. The summed E-state index contributed by atoms with van der Waals surface area (Å²) in [5.74, 6) is -0.411. The number of carbonyl (C=O) groups excluding carboxylic acids is 2. The number of fused-ring (bicyclic) bond motifs is 2. The lowest BCUT2D eigenvalue weighted by Gasteiger charge is -2.40. The number of pyridine rings is 1. The lowest BCUT2D eigenvalue weighted by atomic mass is 9.84. The van der Waals surface area contributed by atoms with Gasteiger partial charge in [-0.25, -0.2) is 14.6 Å². The molecule has 0 bridgehead atoms. The Morgan fingerprint density at radius 3 is 2.68 bits per heavy atom. The van der Waals surface area contributed by atoms with Crippen LogP contribution >= 0.6 is 11.6 Å². The number of ether oxygens (including phenoxy) is 1. The molecule has 4 rings (SSSR count). The highest BCUT2D eigenvalue weighted by molar-refractivity contribution is 6.32. The van der Waals surface area contributed by atoms with Crippen LogP contribution in [-0.2, 0) is 10.3 Å². The van der Waals surface area contributed by atoms with Gasteiger partial charge in [0.2, 0.25) is 0 Å². The number of carbonyl (C=O) groups is 2.